The third-order valence-corrected chi connectivity index (χ3v) is 14.1. The van der Waals surface area contributed by atoms with Gasteiger partial charge in [-0.15, -0.1) is 11.3 Å². The summed E-state index contributed by atoms with van der Waals surface area (Å²) in [4.78, 5) is 26.9. The van der Waals surface area contributed by atoms with Crippen LogP contribution in [0.15, 0.2) is 15.9 Å². The molecule has 7 nitrogen and oxygen atoms in total. The molecule has 1 heterocycles. The van der Waals surface area contributed by atoms with Gasteiger partial charge in [-0.2, -0.15) is 8.42 Å². The summed E-state index contributed by atoms with van der Waals surface area (Å²) >= 11 is 5.20. The Morgan fingerprint density at radius 2 is 1.85 bits per heavy atom. The fraction of sp³-hybridized carbons (Fsp3) is 0.806. The standard InChI is InChI=1S/C31H46BrNO6S2/c1-17(2)29(25-8-9-26(32)40-25)33-27(35)14-18(3)21-6-7-22-28-23(11-13-31(21,22)5)30(4)12-10-20(34)15-19(30)16-24(28)39-41(36,37)38/h8-9,17-19,21-24,28-29H,6-7,10-16H2,1-5H3,(H,33,35)(H,36,37,38)/t18-,19?,21?,22+,23+,24-,28?,29+,30?,31?/m1/s1. The van der Waals surface area contributed by atoms with Crippen LogP contribution in [-0.4, -0.2) is 30.8 Å². The fourth-order valence-corrected chi connectivity index (χ4v) is 12.1. The van der Waals surface area contributed by atoms with Crippen molar-refractivity contribution >= 4 is 49.4 Å². The molecule has 5 unspecified atom stereocenters. The SMILES string of the molecule is CC(C)[C@H](NC(=O)C[C@@H](C)C1CC[C@H]2C3[C@H](OS(=O)(=O)O)CC4CC(=O)CCC4(C)[C@H]3CCC12C)c1ccc(Br)s1. The molecule has 4 aliphatic rings. The predicted octanol–water partition coefficient (Wildman–Crippen LogP) is 7.38. The molecule has 0 aromatic carbocycles. The van der Waals surface area contributed by atoms with E-state index in [0.29, 0.717) is 31.6 Å². The number of halogens is 1. The maximum atomic E-state index is 13.4. The average molecular weight is 673 g/mol. The molecule has 5 rings (SSSR count). The number of hydrogen-bond donors (Lipinski definition) is 2. The van der Waals surface area contributed by atoms with Crippen molar-refractivity contribution in [3.8, 4) is 0 Å². The van der Waals surface area contributed by atoms with Gasteiger partial charge in [0.1, 0.15) is 5.78 Å². The van der Waals surface area contributed by atoms with Crippen molar-refractivity contribution in [1.29, 1.82) is 0 Å². The summed E-state index contributed by atoms with van der Waals surface area (Å²) < 4.78 is 40.3. The molecule has 4 saturated carbocycles. The zero-order chi connectivity index (χ0) is 29.9. The van der Waals surface area contributed by atoms with Gasteiger partial charge in [0.05, 0.1) is 15.9 Å². The van der Waals surface area contributed by atoms with Crippen molar-refractivity contribution in [3.63, 3.8) is 0 Å². The number of hydrogen-bond acceptors (Lipinski definition) is 6. The Hall–Kier alpha value is -0.810. The smallest absolute Gasteiger partial charge is 0.348 e. The molecule has 4 aliphatic carbocycles. The minimum absolute atomic E-state index is 0.0127. The van der Waals surface area contributed by atoms with Crippen LogP contribution in [-0.2, 0) is 24.2 Å². The van der Waals surface area contributed by atoms with E-state index in [4.69, 9.17) is 4.18 Å². The highest BCUT2D eigenvalue weighted by atomic mass is 79.9. The lowest BCUT2D eigenvalue weighted by molar-refractivity contribution is -0.164. The van der Waals surface area contributed by atoms with E-state index < -0.39 is 16.5 Å². The van der Waals surface area contributed by atoms with Gasteiger partial charge < -0.3 is 5.32 Å². The van der Waals surface area contributed by atoms with E-state index in [0.717, 1.165) is 40.8 Å². The monoisotopic (exact) mass is 671 g/mol. The maximum Gasteiger partial charge on any atom is 0.397 e. The van der Waals surface area contributed by atoms with E-state index in [9.17, 15) is 22.6 Å². The van der Waals surface area contributed by atoms with Crippen molar-refractivity contribution in [2.75, 3.05) is 0 Å². The highest BCUT2D eigenvalue weighted by Gasteiger charge is 2.64. The van der Waals surface area contributed by atoms with Gasteiger partial charge in [-0.3, -0.25) is 14.1 Å². The number of nitrogens with one attached hydrogen (secondary N) is 1. The van der Waals surface area contributed by atoms with E-state index in [2.05, 4.69) is 61.9 Å². The van der Waals surface area contributed by atoms with Crippen LogP contribution in [0.2, 0.25) is 0 Å². The molecule has 0 spiro atoms. The first-order valence-corrected chi connectivity index (χ1v) is 18.3. The highest BCUT2D eigenvalue weighted by Crippen LogP contribution is 2.68. The van der Waals surface area contributed by atoms with Gasteiger partial charge in [0.15, 0.2) is 0 Å². The van der Waals surface area contributed by atoms with E-state index in [1.807, 2.05) is 6.07 Å². The van der Waals surface area contributed by atoms with Crippen LogP contribution in [0.3, 0.4) is 0 Å². The summed E-state index contributed by atoms with van der Waals surface area (Å²) in [5.41, 5.74) is -0.0589. The number of amides is 1. The van der Waals surface area contributed by atoms with Crippen LogP contribution < -0.4 is 5.32 Å². The molecule has 1 amide bonds. The first-order chi connectivity index (χ1) is 19.1. The molecule has 1 aromatic heterocycles. The minimum Gasteiger partial charge on any atom is -0.348 e. The number of rotatable bonds is 8. The number of thiophene rings is 1. The Morgan fingerprint density at radius 3 is 2.49 bits per heavy atom. The topological polar surface area (TPSA) is 110 Å². The number of carbonyl (C=O) groups excluding carboxylic acids is 2. The van der Waals surface area contributed by atoms with Gasteiger partial charge in [0.2, 0.25) is 5.91 Å². The highest BCUT2D eigenvalue weighted by molar-refractivity contribution is 9.11. The van der Waals surface area contributed by atoms with Crippen LogP contribution in [0.5, 0.6) is 0 Å². The Balaban J connectivity index is 1.34. The Kier molecular flexibility index (Phi) is 8.94. The average Bonchev–Trinajstić information content (AvgIpc) is 3.45. The molecule has 2 N–H and O–H groups in total. The summed E-state index contributed by atoms with van der Waals surface area (Å²) in [5, 5.41) is 3.31. The van der Waals surface area contributed by atoms with E-state index >= 15 is 0 Å². The van der Waals surface area contributed by atoms with Crippen molar-refractivity contribution in [2.45, 2.75) is 105 Å². The van der Waals surface area contributed by atoms with Gasteiger partial charge in [-0.1, -0.05) is 34.6 Å². The quantitative estimate of drug-likeness (QED) is 0.279. The number of ketones is 1. The van der Waals surface area contributed by atoms with Crippen LogP contribution >= 0.6 is 27.3 Å². The summed E-state index contributed by atoms with van der Waals surface area (Å²) in [6.45, 7) is 11.1. The van der Waals surface area contributed by atoms with Crippen LogP contribution in [0.1, 0.15) is 103 Å². The van der Waals surface area contributed by atoms with Gasteiger partial charge in [0, 0.05) is 24.1 Å². The van der Waals surface area contributed by atoms with Crippen molar-refractivity contribution in [1.82, 2.24) is 5.32 Å². The number of fused-ring (bicyclic) bond motifs is 5. The van der Waals surface area contributed by atoms with Crippen LogP contribution in [0, 0.1) is 52.3 Å². The lowest BCUT2D eigenvalue weighted by Gasteiger charge is -2.62. The van der Waals surface area contributed by atoms with Crippen LogP contribution in [0.25, 0.3) is 0 Å². The normalized spacial score (nSPS) is 38.6. The lowest BCUT2D eigenvalue weighted by atomic mass is 9.44. The molecule has 0 bridgehead atoms. The summed E-state index contributed by atoms with van der Waals surface area (Å²) in [6.07, 6.45) is 6.22. The van der Waals surface area contributed by atoms with Crippen LogP contribution in [0.4, 0.5) is 0 Å². The Labute approximate surface area is 258 Å². The van der Waals surface area contributed by atoms with Gasteiger partial charge >= 0.3 is 10.4 Å². The molecule has 0 saturated heterocycles. The Bertz CT molecular complexity index is 1260. The number of Topliss-reactive ketones (excluding diaryl/α,β-unsaturated/α-hetero) is 1. The molecule has 1 aromatic rings. The summed E-state index contributed by atoms with van der Waals surface area (Å²) in [6, 6.07) is 4.08. The minimum atomic E-state index is -4.62. The van der Waals surface area contributed by atoms with Crippen molar-refractivity contribution in [3.05, 3.63) is 20.8 Å². The molecule has 230 valence electrons. The molecule has 4 fully saturated rings. The zero-order valence-corrected chi connectivity index (χ0v) is 28.1. The third-order valence-electron chi connectivity index (χ3n) is 11.9. The van der Waals surface area contributed by atoms with Gasteiger partial charge in [0.25, 0.3) is 0 Å². The first-order valence-electron chi connectivity index (χ1n) is 15.3. The molecule has 41 heavy (non-hydrogen) atoms. The molecular weight excluding hydrogens is 626 g/mol. The third kappa shape index (κ3) is 6.11. The fourth-order valence-electron chi connectivity index (χ4n) is 9.95. The lowest BCUT2D eigenvalue weighted by Crippen LogP contribution is -2.59. The summed E-state index contributed by atoms with van der Waals surface area (Å²) in [7, 11) is -4.62. The first kappa shape index (κ1) is 31.6. The molecule has 10 atom stereocenters. The van der Waals surface area contributed by atoms with E-state index in [1.54, 1.807) is 11.3 Å². The molecule has 10 heteroatoms. The largest absolute Gasteiger partial charge is 0.397 e. The second kappa shape index (κ2) is 11.6. The van der Waals surface area contributed by atoms with Crippen molar-refractivity contribution in [2.24, 2.45) is 52.3 Å². The van der Waals surface area contributed by atoms with E-state index in [-0.39, 0.29) is 64.1 Å². The summed E-state index contributed by atoms with van der Waals surface area (Å²) in [5.74, 6) is 1.74. The number of carbonyl (C=O) groups is 2. The second-order valence-electron chi connectivity index (χ2n) is 14.4. The zero-order valence-electron chi connectivity index (χ0n) is 24.9. The van der Waals surface area contributed by atoms with E-state index in [1.165, 1.54) is 0 Å². The van der Waals surface area contributed by atoms with Gasteiger partial charge in [-0.25, -0.2) is 4.18 Å². The molecule has 0 radical (unpaired) electrons. The molecular formula is C31H46BrNO6S2. The van der Waals surface area contributed by atoms with Gasteiger partial charge in [-0.05, 0) is 119 Å². The maximum absolute atomic E-state index is 13.4. The Morgan fingerprint density at radius 1 is 1.15 bits per heavy atom. The van der Waals surface area contributed by atoms with Crippen molar-refractivity contribution < 1.29 is 26.7 Å². The molecule has 0 aliphatic heterocycles. The predicted molar refractivity (Wildman–Crippen MR) is 164 cm³/mol. The second-order valence-corrected chi connectivity index (χ2v) is 17.9.